The van der Waals surface area contributed by atoms with Crippen molar-refractivity contribution in [3.05, 3.63) is 87.2 Å². The third-order valence-corrected chi connectivity index (χ3v) is 14.3. The first-order valence-corrected chi connectivity index (χ1v) is 24.8. The van der Waals surface area contributed by atoms with E-state index in [1.54, 1.807) is 24.4 Å². The van der Waals surface area contributed by atoms with Gasteiger partial charge in [-0.1, -0.05) is 67.4 Å². The van der Waals surface area contributed by atoms with Crippen LogP contribution in [0, 0.1) is 5.41 Å². The summed E-state index contributed by atoms with van der Waals surface area (Å²) in [4.78, 5) is 7.30. The lowest BCUT2D eigenvalue weighted by Gasteiger charge is -2.32. The molecule has 57 heavy (non-hydrogen) atoms. The fourth-order valence-electron chi connectivity index (χ4n) is 7.46. The number of anilines is 1. The summed E-state index contributed by atoms with van der Waals surface area (Å²) in [5, 5.41) is 0.676. The van der Waals surface area contributed by atoms with Crippen LogP contribution in [0.25, 0.3) is 10.8 Å². The summed E-state index contributed by atoms with van der Waals surface area (Å²) in [6.45, 7) is 8.42. The SMILES string of the molecule is CC1(C)C(=CC=C(Br)C=CC2N(CCCCS(=O)(=O)O)c3ccc4c(S(=O)(=O)O)cc(S(=O)(=O)O)cc4c3C2(C)C)N=C2C1=CC(Cl)=CN2CCCCS(=O)(=O)O. The lowest BCUT2D eigenvalue weighted by Crippen LogP contribution is -2.40. The molecule has 3 aliphatic heterocycles. The Kier molecular flexibility index (Phi) is 12.9. The quantitative estimate of drug-likeness (QED) is 0.0835. The van der Waals surface area contributed by atoms with Crippen molar-refractivity contribution in [1.82, 2.24) is 4.90 Å². The summed E-state index contributed by atoms with van der Waals surface area (Å²) in [6, 6.07) is 4.44. The van der Waals surface area contributed by atoms with Gasteiger partial charge in [0.15, 0.2) is 0 Å². The van der Waals surface area contributed by atoms with Gasteiger partial charge in [-0.2, -0.15) is 33.7 Å². The average Bonchev–Trinajstić information content (AvgIpc) is 3.45. The van der Waals surface area contributed by atoms with Gasteiger partial charge < -0.3 is 9.80 Å². The maximum atomic E-state index is 12.5. The van der Waals surface area contributed by atoms with E-state index in [4.69, 9.17) is 21.1 Å². The molecule has 312 valence electrons. The van der Waals surface area contributed by atoms with Crippen LogP contribution in [0.2, 0.25) is 0 Å². The summed E-state index contributed by atoms with van der Waals surface area (Å²) < 4.78 is 134. The molecule has 0 radical (unpaired) electrons. The number of hydrogen-bond acceptors (Lipinski definition) is 11. The van der Waals surface area contributed by atoms with Crippen molar-refractivity contribution in [3.63, 3.8) is 0 Å². The molecule has 2 aromatic carbocycles. The monoisotopic (exact) mass is 951 g/mol. The Morgan fingerprint density at radius 1 is 0.860 bits per heavy atom. The standard InChI is InChI=1S/C36H43BrClN3O12S4/c1-35(2)28-19-24(38)22-40(15-5-7-17-54(42,43)44)34(28)39-31(35)13-9-23(37)10-14-32-36(3,4)33-27-20-25(56(48,49)50)21-30(57(51,52)53)26(27)11-12-29(33)41(32)16-6-8-18-55(45,46)47/h9-14,19-22,32H,5-8,15-18H2,1-4H3,(H,42,43,44)(H,45,46,47)(H,48,49,50)(H,51,52,53). The Morgan fingerprint density at radius 2 is 1.47 bits per heavy atom. The molecule has 15 nitrogen and oxygen atoms in total. The molecule has 0 amide bonds. The number of halogens is 2. The largest absolute Gasteiger partial charge is 0.364 e. The van der Waals surface area contributed by atoms with Crippen LogP contribution in [0.5, 0.6) is 0 Å². The van der Waals surface area contributed by atoms with Gasteiger partial charge in [-0.3, -0.25) is 18.2 Å². The van der Waals surface area contributed by atoms with Crippen LogP contribution in [-0.2, 0) is 45.9 Å². The van der Waals surface area contributed by atoms with Crippen LogP contribution in [0.3, 0.4) is 0 Å². The first-order chi connectivity index (χ1) is 26.1. The van der Waals surface area contributed by atoms with Gasteiger partial charge in [-0.15, -0.1) is 0 Å². The third-order valence-electron chi connectivity index (χ3n) is 10.2. The van der Waals surface area contributed by atoms with E-state index >= 15 is 0 Å². The van der Waals surface area contributed by atoms with Gasteiger partial charge in [0.1, 0.15) is 10.7 Å². The lowest BCUT2D eigenvalue weighted by molar-refractivity contribution is 0.468. The molecule has 1 unspecified atom stereocenters. The number of rotatable bonds is 15. The maximum Gasteiger partial charge on any atom is 0.295 e. The van der Waals surface area contributed by atoms with Crippen molar-refractivity contribution in [2.75, 3.05) is 29.5 Å². The highest BCUT2D eigenvalue weighted by Gasteiger charge is 2.45. The van der Waals surface area contributed by atoms with Gasteiger partial charge in [-0.25, -0.2) is 4.99 Å². The summed E-state index contributed by atoms with van der Waals surface area (Å²) >= 11 is 10.1. The molecular formula is C36H43BrClN3O12S4. The van der Waals surface area contributed by atoms with Gasteiger partial charge in [0.25, 0.3) is 40.5 Å². The zero-order chi connectivity index (χ0) is 42.5. The van der Waals surface area contributed by atoms with Crippen LogP contribution < -0.4 is 4.90 Å². The minimum Gasteiger partial charge on any atom is -0.364 e. The number of aliphatic imine (C=N–C) groups is 1. The first kappa shape index (κ1) is 45.2. The molecule has 0 aliphatic carbocycles. The van der Waals surface area contributed by atoms with Crippen LogP contribution in [0.15, 0.2) is 96.4 Å². The molecule has 0 saturated heterocycles. The van der Waals surface area contributed by atoms with Crippen LogP contribution in [0.4, 0.5) is 5.69 Å². The van der Waals surface area contributed by atoms with Gasteiger partial charge in [0.05, 0.1) is 33.2 Å². The highest BCUT2D eigenvalue weighted by Crippen LogP contribution is 2.51. The second kappa shape index (κ2) is 16.3. The summed E-state index contributed by atoms with van der Waals surface area (Å²) in [5.41, 5.74) is 1.23. The zero-order valence-electron chi connectivity index (χ0n) is 31.3. The predicted molar refractivity (Wildman–Crippen MR) is 223 cm³/mol. The minimum absolute atomic E-state index is 0.0324. The fraction of sp³-hybridized carbons (Fsp3) is 0.417. The van der Waals surface area contributed by atoms with E-state index in [0.29, 0.717) is 57.8 Å². The van der Waals surface area contributed by atoms with Gasteiger partial charge in [-0.05, 0) is 79.1 Å². The van der Waals surface area contributed by atoms with Crippen LogP contribution in [0.1, 0.15) is 58.9 Å². The average molecular weight is 953 g/mol. The summed E-state index contributed by atoms with van der Waals surface area (Å²) in [6.07, 6.45) is 12.0. The Bertz CT molecular complexity index is 2630. The van der Waals surface area contributed by atoms with Crippen molar-refractivity contribution in [1.29, 1.82) is 0 Å². The second-order valence-corrected chi connectivity index (χ2v) is 22.4. The number of nitrogens with zero attached hydrogens (tertiary/aromatic N) is 3. The van der Waals surface area contributed by atoms with E-state index in [1.165, 1.54) is 6.07 Å². The highest BCUT2D eigenvalue weighted by molar-refractivity contribution is 9.11. The molecule has 0 bridgehead atoms. The Labute approximate surface area is 346 Å². The Hall–Kier alpha value is -2.92. The molecule has 0 aromatic heterocycles. The highest BCUT2D eigenvalue weighted by atomic mass is 79.9. The van der Waals surface area contributed by atoms with Crippen LogP contribution in [-0.4, -0.2) is 93.3 Å². The molecule has 2 aromatic rings. The Balaban J connectivity index is 1.52. The minimum atomic E-state index is -4.95. The maximum absolute atomic E-state index is 12.5. The Morgan fingerprint density at radius 3 is 2.05 bits per heavy atom. The van der Waals surface area contributed by atoms with E-state index in [2.05, 4.69) is 15.9 Å². The van der Waals surface area contributed by atoms with Crippen molar-refractivity contribution in [3.8, 4) is 0 Å². The van der Waals surface area contributed by atoms with E-state index in [9.17, 15) is 47.3 Å². The number of hydrogen-bond donors (Lipinski definition) is 4. The van der Waals surface area contributed by atoms with E-state index in [-0.39, 0.29) is 35.9 Å². The van der Waals surface area contributed by atoms with Crippen molar-refractivity contribution >= 4 is 90.3 Å². The lowest BCUT2D eigenvalue weighted by atomic mass is 9.78. The number of unbranched alkanes of at least 4 members (excludes halogenated alkanes) is 2. The van der Waals surface area contributed by atoms with Crippen molar-refractivity contribution in [2.45, 2.75) is 74.6 Å². The molecule has 3 heterocycles. The molecule has 5 rings (SSSR count). The molecule has 1 atom stereocenters. The van der Waals surface area contributed by atoms with Crippen molar-refractivity contribution in [2.24, 2.45) is 10.4 Å². The smallest absolute Gasteiger partial charge is 0.295 e. The molecule has 21 heteroatoms. The van der Waals surface area contributed by atoms with Crippen LogP contribution >= 0.6 is 27.5 Å². The first-order valence-electron chi connectivity index (χ1n) is 17.6. The van der Waals surface area contributed by atoms with E-state index < -0.39 is 72.9 Å². The number of fused-ring (bicyclic) bond motifs is 4. The third kappa shape index (κ3) is 10.3. The molecule has 3 aliphatic rings. The molecule has 0 saturated carbocycles. The van der Waals surface area contributed by atoms with Gasteiger partial charge in [0, 0.05) is 51.2 Å². The van der Waals surface area contributed by atoms with Crippen molar-refractivity contribution < 1.29 is 51.9 Å². The molecule has 0 spiro atoms. The normalized spacial score (nSPS) is 20.6. The molecular weight excluding hydrogens is 910 g/mol. The van der Waals surface area contributed by atoms with E-state index in [1.807, 2.05) is 55.7 Å². The zero-order valence-corrected chi connectivity index (χ0v) is 36.9. The number of amidine groups is 1. The number of benzene rings is 2. The second-order valence-electron chi connectivity index (χ2n) is 15.1. The van der Waals surface area contributed by atoms with Gasteiger partial charge in [0.2, 0.25) is 0 Å². The molecule has 4 N–H and O–H groups in total. The van der Waals surface area contributed by atoms with Gasteiger partial charge >= 0.3 is 0 Å². The predicted octanol–water partition coefficient (Wildman–Crippen LogP) is 6.61. The topological polar surface area (TPSA) is 236 Å². The summed E-state index contributed by atoms with van der Waals surface area (Å²) in [7, 11) is -18.2. The summed E-state index contributed by atoms with van der Waals surface area (Å²) in [5.74, 6) is -0.147. The van der Waals surface area contributed by atoms with E-state index in [0.717, 1.165) is 11.6 Å². The number of allylic oxidation sites excluding steroid dienone is 7. The fourth-order valence-corrected chi connectivity index (χ4v) is 10.5. The molecule has 0 fully saturated rings.